The molecule has 0 aliphatic rings. The number of nitrogens with two attached hydrogens (primary N) is 1. The molecule has 0 aromatic carbocycles. The molecule has 5 heteroatoms. The lowest BCUT2D eigenvalue weighted by Gasteiger charge is -2.10. The van der Waals surface area contributed by atoms with E-state index in [1.807, 2.05) is 0 Å². The molecule has 0 amide bonds. The third-order valence-corrected chi connectivity index (χ3v) is 3.35. The normalized spacial score (nSPS) is 11.1. The maximum Gasteiger partial charge on any atom is 0.156 e. The van der Waals surface area contributed by atoms with Crippen molar-refractivity contribution in [3.8, 4) is 0 Å². The summed E-state index contributed by atoms with van der Waals surface area (Å²) in [6.45, 7) is 7.59. The minimum absolute atomic E-state index is 0.444. The van der Waals surface area contributed by atoms with Crippen LogP contribution in [0, 0.1) is 9.49 Å². The van der Waals surface area contributed by atoms with E-state index in [2.05, 4.69) is 53.3 Å². The minimum atomic E-state index is 0.444. The summed E-state index contributed by atoms with van der Waals surface area (Å²) in [4.78, 5) is 8.77. The Balaban J connectivity index is 2.82. The summed E-state index contributed by atoms with van der Waals surface area (Å²) in [5.74, 6) is 1.81. The quantitative estimate of drug-likeness (QED) is 0.634. The molecule has 0 saturated carbocycles. The molecule has 0 saturated heterocycles. The Morgan fingerprint density at radius 3 is 2.65 bits per heavy atom. The van der Waals surface area contributed by atoms with E-state index >= 15 is 0 Å². The van der Waals surface area contributed by atoms with Crippen LogP contribution in [-0.2, 0) is 17.8 Å². The van der Waals surface area contributed by atoms with Crippen LogP contribution in [0.4, 0.5) is 5.82 Å². The third-order valence-electron chi connectivity index (χ3n) is 2.17. The maximum atomic E-state index is 5.89. The van der Waals surface area contributed by atoms with Crippen molar-refractivity contribution < 1.29 is 4.74 Å². The molecule has 0 bridgehead atoms. The van der Waals surface area contributed by atoms with Gasteiger partial charge >= 0.3 is 0 Å². The van der Waals surface area contributed by atoms with Crippen molar-refractivity contribution in [2.24, 2.45) is 5.92 Å². The van der Waals surface area contributed by atoms with Crippen LogP contribution in [-0.4, -0.2) is 16.6 Å². The van der Waals surface area contributed by atoms with E-state index in [0.29, 0.717) is 24.2 Å². The topological polar surface area (TPSA) is 61.0 Å². The van der Waals surface area contributed by atoms with Crippen LogP contribution < -0.4 is 5.73 Å². The largest absolute Gasteiger partial charge is 0.383 e. The van der Waals surface area contributed by atoms with Gasteiger partial charge < -0.3 is 10.5 Å². The van der Waals surface area contributed by atoms with Crippen LogP contribution in [0.5, 0.6) is 0 Å². The van der Waals surface area contributed by atoms with Gasteiger partial charge in [0.1, 0.15) is 12.4 Å². The van der Waals surface area contributed by atoms with Crippen molar-refractivity contribution in [2.75, 3.05) is 12.3 Å². The number of anilines is 1. The number of rotatable bonds is 6. The van der Waals surface area contributed by atoms with Crippen molar-refractivity contribution in [1.82, 2.24) is 9.97 Å². The summed E-state index contributed by atoms with van der Waals surface area (Å²) in [6.07, 6.45) is 1.92. The molecule has 1 aromatic rings. The van der Waals surface area contributed by atoms with Gasteiger partial charge in [0.15, 0.2) is 5.82 Å². The molecule has 4 nitrogen and oxygen atoms in total. The average molecular weight is 349 g/mol. The predicted octanol–water partition coefficient (Wildman–Crippen LogP) is 2.79. The average Bonchev–Trinajstić information content (AvgIpc) is 2.25. The van der Waals surface area contributed by atoms with Gasteiger partial charge in [0.25, 0.3) is 0 Å². The zero-order valence-electron chi connectivity index (χ0n) is 10.7. The summed E-state index contributed by atoms with van der Waals surface area (Å²) < 4.78 is 6.41. The van der Waals surface area contributed by atoms with E-state index in [1.165, 1.54) is 0 Å². The van der Waals surface area contributed by atoms with Gasteiger partial charge in [-0.25, -0.2) is 9.97 Å². The van der Waals surface area contributed by atoms with E-state index < -0.39 is 0 Å². The molecule has 17 heavy (non-hydrogen) atoms. The lowest BCUT2D eigenvalue weighted by molar-refractivity contribution is 0.116. The zero-order chi connectivity index (χ0) is 12.8. The lowest BCUT2D eigenvalue weighted by atomic mass is 10.1. The van der Waals surface area contributed by atoms with E-state index in [-0.39, 0.29) is 0 Å². The van der Waals surface area contributed by atoms with Gasteiger partial charge in [-0.2, -0.15) is 0 Å². The van der Waals surface area contributed by atoms with Crippen molar-refractivity contribution in [2.45, 2.75) is 40.2 Å². The van der Waals surface area contributed by atoms with Crippen LogP contribution >= 0.6 is 22.6 Å². The molecule has 1 aromatic heterocycles. The number of ether oxygens (including phenoxy) is 1. The lowest BCUT2D eigenvalue weighted by Crippen LogP contribution is -2.10. The van der Waals surface area contributed by atoms with Gasteiger partial charge in [0, 0.05) is 6.61 Å². The zero-order valence-corrected chi connectivity index (χ0v) is 12.8. The monoisotopic (exact) mass is 349 g/mol. The van der Waals surface area contributed by atoms with Crippen LogP contribution in [0.25, 0.3) is 0 Å². The molecule has 1 heterocycles. The van der Waals surface area contributed by atoms with Crippen molar-refractivity contribution in [3.63, 3.8) is 0 Å². The second-order valence-corrected chi connectivity index (χ2v) is 5.52. The highest BCUT2D eigenvalue weighted by molar-refractivity contribution is 14.1. The van der Waals surface area contributed by atoms with Gasteiger partial charge in [0.05, 0.1) is 9.26 Å². The highest BCUT2D eigenvalue weighted by Crippen LogP contribution is 2.19. The molecule has 2 N–H and O–H groups in total. The highest BCUT2D eigenvalue weighted by atomic mass is 127. The molecule has 0 aliphatic heterocycles. The fourth-order valence-electron chi connectivity index (χ4n) is 1.46. The van der Waals surface area contributed by atoms with Gasteiger partial charge in [0.2, 0.25) is 0 Å². The number of hydrogen-bond acceptors (Lipinski definition) is 4. The molecule has 96 valence electrons. The highest BCUT2D eigenvalue weighted by Gasteiger charge is 2.11. The second kappa shape index (κ2) is 7.10. The van der Waals surface area contributed by atoms with Gasteiger partial charge in [-0.05, 0) is 41.4 Å². The van der Waals surface area contributed by atoms with Crippen LogP contribution in [0.1, 0.15) is 38.7 Å². The number of halogens is 1. The molecule has 0 spiro atoms. The van der Waals surface area contributed by atoms with Crippen LogP contribution in [0.3, 0.4) is 0 Å². The maximum absolute atomic E-state index is 5.89. The summed E-state index contributed by atoms with van der Waals surface area (Å²) >= 11 is 2.21. The Hall–Kier alpha value is -0.430. The first-order chi connectivity index (χ1) is 8.04. The van der Waals surface area contributed by atoms with E-state index in [4.69, 9.17) is 10.5 Å². The Kier molecular flexibility index (Phi) is 6.11. The molecular formula is C12H20IN3O. The molecule has 0 aliphatic carbocycles. The molecule has 1 rings (SSSR count). The molecule has 0 fully saturated rings. The van der Waals surface area contributed by atoms with Gasteiger partial charge in [-0.3, -0.25) is 0 Å². The van der Waals surface area contributed by atoms with Crippen LogP contribution in [0.2, 0.25) is 0 Å². The van der Waals surface area contributed by atoms with E-state index in [1.54, 1.807) is 0 Å². The van der Waals surface area contributed by atoms with E-state index in [9.17, 15) is 0 Å². The molecular weight excluding hydrogens is 329 g/mol. The summed E-state index contributed by atoms with van der Waals surface area (Å²) in [6, 6.07) is 0. The van der Waals surface area contributed by atoms with Gasteiger partial charge in [-0.1, -0.05) is 20.8 Å². The van der Waals surface area contributed by atoms with Crippen LogP contribution in [0.15, 0.2) is 0 Å². The molecule has 0 radical (unpaired) electrons. The Morgan fingerprint density at radius 1 is 1.35 bits per heavy atom. The summed E-state index contributed by atoms with van der Waals surface area (Å²) in [5, 5.41) is 0. The van der Waals surface area contributed by atoms with Crippen molar-refractivity contribution >= 4 is 28.4 Å². The first kappa shape index (κ1) is 14.6. The Morgan fingerprint density at radius 2 is 2.06 bits per heavy atom. The number of aromatic nitrogens is 2. The number of nitrogen functional groups attached to an aromatic ring is 1. The molecule has 0 atom stereocenters. The third kappa shape index (κ3) is 4.75. The second-order valence-electron chi connectivity index (χ2n) is 4.44. The standard InChI is InChI=1S/C12H20IN3O/c1-4-5-17-7-10-15-9(6-8(2)3)11(13)12(14)16-10/h8H,4-7H2,1-3H3,(H2,14,15,16). The van der Waals surface area contributed by atoms with Crippen molar-refractivity contribution in [3.05, 3.63) is 15.1 Å². The smallest absolute Gasteiger partial charge is 0.156 e. The fraction of sp³-hybridized carbons (Fsp3) is 0.667. The fourth-order valence-corrected chi connectivity index (χ4v) is 1.92. The first-order valence-electron chi connectivity index (χ1n) is 5.93. The number of nitrogens with zero attached hydrogens (tertiary/aromatic N) is 2. The van der Waals surface area contributed by atoms with Gasteiger partial charge in [-0.15, -0.1) is 0 Å². The predicted molar refractivity (Wildman–Crippen MR) is 77.7 cm³/mol. The summed E-state index contributed by atoms with van der Waals surface area (Å²) in [7, 11) is 0. The van der Waals surface area contributed by atoms with Crippen molar-refractivity contribution in [1.29, 1.82) is 0 Å². The Labute approximate surface area is 117 Å². The minimum Gasteiger partial charge on any atom is -0.383 e. The SMILES string of the molecule is CCCOCc1nc(N)c(I)c(CC(C)C)n1. The summed E-state index contributed by atoms with van der Waals surface area (Å²) in [5.41, 5.74) is 6.92. The molecule has 0 unspecified atom stereocenters. The van der Waals surface area contributed by atoms with E-state index in [0.717, 1.165) is 28.7 Å². The first-order valence-corrected chi connectivity index (χ1v) is 7.01. The number of hydrogen-bond donors (Lipinski definition) is 1. The Bertz CT molecular complexity index is 369.